The SMILES string of the molecule is CC(OCc1ccccc1)C(=O)NCC(F)(F)CO. The number of hydrogen-bond donors (Lipinski definition) is 2. The Morgan fingerprint density at radius 3 is 2.63 bits per heavy atom. The van der Waals surface area contributed by atoms with Crippen LogP contribution in [0.4, 0.5) is 8.78 Å². The first-order valence-corrected chi connectivity index (χ1v) is 5.86. The van der Waals surface area contributed by atoms with Gasteiger partial charge in [0, 0.05) is 0 Å². The van der Waals surface area contributed by atoms with Gasteiger partial charge in [-0.15, -0.1) is 0 Å². The molecule has 1 rings (SSSR count). The second kappa shape index (κ2) is 7.16. The topological polar surface area (TPSA) is 58.6 Å². The molecule has 1 aromatic rings. The lowest BCUT2D eigenvalue weighted by atomic mass is 10.2. The molecule has 6 heteroatoms. The van der Waals surface area contributed by atoms with Crippen molar-refractivity contribution >= 4 is 5.91 Å². The molecule has 0 aliphatic heterocycles. The van der Waals surface area contributed by atoms with Gasteiger partial charge in [0.15, 0.2) is 0 Å². The first-order chi connectivity index (χ1) is 8.94. The summed E-state index contributed by atoms with van der Waals surface area (Å²) in [6.07, 6.45) is -0.838. The maximum absolute atomic E-state index is 12.7. The Hall–Kier alpha value is -1.53. The van der Waals surface area contributed by atoms with Crippen LogP contribution in [0.1, 0.15) is 12.5 Å². The van der Waals surface area contributed by atoms with E-state index in [0.717, 1.165) is 5.56 Å². The van der Waals surface area contributed by atoms with Crippen LogP contribution in [0.3, 0.4) is 0 Å². The molecule has 0 radical (unpaired) electrons. The molecule has 2 N–H and O–H groups in total. The van der Waals surface area contributed by atoms with Gasteiger partial charge in [-0.3, -0.25) is 4.79 Å². The number of aliphatic hydroxyl groups excluding tert-OH is 1. The lowest BCUT2D eigenvalue weighted by Gasteiger charge is -2.17. The van der Waals surface area contributed by atoms with E-state index in [1.807, 2.05) is 35.6 Å². The Morgan fingerprint density at radius 2 is 2.05 bits per heavy atom. The number of hydrogen-bond acceptors (Lipinski definition) is 3. The quantitative estimate of drug-likeness (QED) is 0.788. The molecule has 0 aliphatic carbocycles. The molecule has 0 saturated carbocycles. The normalized spacial score (nSPS) is 13.1. The van der Waals surface area contributed by atoms with Crippen LogP contribution in [0.15, 0.2) is 30.3 Å². The molecule has 0 saturated heterocycles. The van der Waals surface area contributed by atoms with Crippen molar-refractivity contribution in [3.63, 3.8) is 0 Å². The van der Waals surface area contributed by atoms with Crippen LogP contribution in [0.2, 0.25) is 0 Å². The van der Waals surface area contributed by atoms with E-state index in [1.54, 1.807) is 0 Å². The summed E-state index contributed by atoms with van der Waals surface area (Å²) in [5.41, 5.74) is 0.892. The Morgan fingerprint density at radius 1 is 1.42 bits per heavy atom. The highest BCUT2D eigenvalue weighted by Gasteiger charge is 2.29. The maximum Gasteiger partial charge on any atom is 0.287 e. The van der Waals surface area contributed by atoms with Gasteiger partial charge < -0.3 is 15.2 Å². The van der Waals surface area contributed by atoms with Crippen LogP contribution in [0.5, 0.6) is 0 Å². The van der Waals surface area contributed by atoms with Crippen LogP contribution < -0.4 is 5.32 Å². The molecule has 1 atom stereocenters. The van der Waals surface area contributed by atoms with Crippen molar-refractivity contribution in [1.82, 2.24) is 5.32 Å². The summed E-state index contributed by atoms with van der Waals surface area (Å²) >= 11 is 0. The molecule has 1 aromatic carbocycles. The second-order valence-electron chi connectivity index (χ2n) is 4.17. The van der Waals surface area contributed by atoms with Gasteiger partial charge in [0.05, 0.1) is 13.2 Å². The van der Waals surface area contributed by atoms with Crippen LogP contribution >= 0.6 is 0 Å². The number of nitrogens with one attached hydrogen (secondary N) is 1. The highest BCUT2D eigenvalue weighted by Crippen LogP contribution is 2.10. The number of halogens is 2. The average Bonchev–Trinajstić information content (AvgIpc) is 2.43. The molecule has 4 nitrogen and oxygen atoms in total. The summed E-state index contributed by atoms with van der Waals surface area (Å²) in [5, 5.41) is 10.4. The summed E-state index contributed by atoms with van der Waals surface area (Å²) in [6, 6.07) is 9.21. The number of ether oxygens (including phenoxy) is 1. The smallest absolute Gasteiger partial charge is 0.287 e. The van der Waals surface area contributed by atoms with Gasteiger partial charge in [-0.05, 0) is 12.5 Å². The Kier molecular flexibility index (Phi) is 5.85. The van der Waals surface area contributed by atoms with Crippen molar-refractivity contribution in [3.05, 3.63) is 35.9 Å². The number of carbonyl (C=O) groups is 1. The lowest BCUT2D eigenvalue weighted by molar-refractivity contribution is -0.135. The van der Waals surface area contributed by atoms with Gasteiger partial charge in [-0.25, -0.2) is 8.78 Å². The summed E-state index contributed by atoms with van der Waals surface area (Å²) in [5.74, 6) is -3.95. The number of rotatable bonds is 7. The Bertz CT molecular complexity index is 398. The number of benzene rings is 1. The lowest BCUT2D eigenvalue weighted by Crippen LogP contribution is -2.43. The van der Waals surface area contributed by atoms with E-state index in [1.165, 1.54) is 6.92 Å². The Labute approximate surface area is 110 Å². The first-order valence-electron chi connectivity index (χ1n) is 5.86. The minimum Gasteiger partial charge on any atom is -0.390 e. The predicted octanol–water partition coefficient (Wildman–Crippen LogP) is 1.34. The van der Waals surface area contributed by atoms with E-state index in [-0.39, 0.29) is 6.61 Å². The van der Waals surface area contributed by atoms with Gasteiger partial charge in [-0.1, -0.05) is 30.3 Å². The predicted molar refractivity (Wildman–Crippen MR) is 65.7 cm³/mol. The van der Waals surface area contributed by atoms with Crippen LogP contribution in [0, 0.1) is 0 Å². The number of alkyl halides is 2. The fourth-order valence-electron chi connectivity index (χ4n) is 1.29. The largest absolute Gasteiger partial charge is 0.390 e. The fraction of sp³-hybridized carbons (Fsp3) is 0.462. The highest BCUT2D eigenvalue weighted by molar-refractivity contribution is 5.80. The van der Waals surface area contributed by atoms with Crippen LogP contribution in [0.25, 0.3) is 0 Å². The molecular weight excluding hydrogens is 256 g/mol. The summed E-state index contributed by atoms with van der Waals surface area (Å²) < 4.78 is 30.7. The molecule has 0 spiro atoms. The first kappa shape index (κ1) is 15.5. The van der Waals surface area contributed by atoms with E-state index in [2.05, 4.69) is 0 Å². The van der Waals surface area contributed by atoms with Crippen molar-refractivity contribution in [2.24, 2.45) is 0 Å². The zero-order valence-electron chi connectivity index (χ0n) is 10.6. The third kappa shape index (κ3) is 5.76. The van der Waals surface area contributed by atoms with E-state index in [0.29, 0.717) is 0 Å². The molecule has 0 aliphatic rings. The second-order valence-corrected chi connectivity index (χ2v) is 4.17. The van der Waals surface area contributed by atoms with Crippen molar-refractivity contribution in [2.75, 3.05) is 13.2 Å². The van der Waals surface area contributed by atoms with E-state index >= 15 is 0 Å². The molecule has 106 valence electrons. The fourth-order valence-corrected chi connectivity index (χ4v) is 1.29. The molecule has 1 unspecified atom stereocenters. The van der Waals surface area contributed by atoms with Gasteiger partial charge in [0.25, 0.3) is 5.92 Å². The molecule has 19 heavy (non-hydrogen) atoms. The van der Waals surface area contributed by atoms with Crippen LogP contribution in [-0.2, 0) is 16.1 Å². The summed E-state index contributed by atoms with van der Waals surface area (Å²) in [4.78, 5) is 11.5. The summed E-state index contributed by atoms with van der Waals surface area (Å²) in [6.45, 7) is -0.491. The highest BCUT2D eigenvalue weighted by atomic mass is 19.3. The minimum atomic E-state index is -3.31. The zero-order chi connectivity index (χ0) is 14.3. The van der Waals surface area contributed by atoms with Gasteiger partial charge in [0.1, 0.15) is 12.7 Å². The van der Waals surface area contributed by atoms with Crippen molar-refractivity contribution in [1.29, 1.82) is 0 Å². The van der Waals surface area contributed by atoms with Crippen LogP contribution in [-0.4, -0.2) is 36.2 Å². The molecule has 0 fully saturated rings. The van der Waals surface area contributed by atoms with Crippen molar-refractivity contribution in [3.8, 4) is 0 Å². The van der Waals surface area contributed by atoms with Gasteiger partial charge in [0.2, 0.25) is 5.91 Å². The van der Waals surface area contributed by atoms with Gasteiger partial charge in [-0.2, -0.15) is 0 Å². The molecular formula is C13H17F2NO3. The monoisotopic (exact) mass is 273 g/mol. The van der Waals surface area contributed by atoms with E-state index in [9.17, 15) is 13.6 Å². The van der Waals surface area contributed by atoms with Crippen molar-refractivity contribution < 1.29 is 23.4 Å². The Balaban J connectivity index is 2.33. The third-order valence-corrected chi connectivity index (χ3v) is 2.46. The number of carbonyl (C=O) groups excluding carboxylic acids is 1. The van der Waals surface area contributed by atoms with E-state index < -0.39 is 31.1 Å². The average molecular weight is 273 g/mol. The molecule has 0 aromatic heterocycles. The minimum absolute atomic E-state index is 0.228. The number of amides is 1. The molecule has 0 bridgehead atoms. The van der Waals surface area contributed by atoms with E-state index in [4.69, 9.17) is 9.84 Å². The summed E-state index contributed by atoms with van der Waals surface area (Å²) in [7, 11) is 0. The molecule has 1 amide bonds. The van der Waals surface area contributed by atoms with Crippen molar-refractivity contribution in [2.45, 2.75) is 25.6 Å². The van der Waals surface area contributed by atoms with Gasteiger partial charge >= 0.3 is 0 Å². The number of aliphatic hydroxyl groups is 1. The molecule has 0 heterocycles. The zero-order valence-corrected chi connectivity index (χ0v) is 10.6. The maximum atomic E-state index is 12.7. The third-order valence-electron chi connectivity index (χ3n) is 2.46. The standard InChI is InChI=1S/C13H17F2NO3/c1-10(12(18)16-8-13(14,15)9-17)19-7-11-5-3-2-4-6-11/h2-6,10,17H,7-9H2,1H3,(H,16,18).